The fraction of sp³-hybridized carbons (Fsp3) is 0.625. The second-order valence-corrected chi connectivity index (χ2v) is 8.56. The summed E-state index contributed by atoms with van der Waals surface area (Å²) in [5.74, 6) is 0.324. The highest BCUT2D eigenvalue weighted by Gasteiger charge is 2.31. The van der Waals surface area contributed by atoms with Crippen LogP contribution in [0.3, 0.4) is 0 Å². The molecule has 3 nitrogen and oxygen atoms in total. The number of benzene rings is 1. The van der Waals surface area contributed by atoms with Crippen LogP contribution in [-0.4, -0.2) is 26.0 Å². The average Bonchev–Trinajstić information content (AvgIpc) is 2.40. The number of rotatable bonds is 4. The maximum Gasteiger partial charge on any atom is 0.150 e. The molecule has 0 heterocycles. The lowest BCUT2D eigenvalue weighted by Gasteiger charge is -2.32. The lowest BCUT2D eigenvalue weighted by molar-refractivity contribution is 0.304. The van der Waals surface area contributed by atoms with Gasteiger partial charge < -0.3 is 5.73 Å². The summed E-state index contributed by atoms with van der Waals surface area (Å²) in [7, 11) is -2.93. The minimum absolute atomic E-state index is 0.0576. The molecule has 4 heteroatoms. The zero-order valence-corrected chi connectivity index (χ0v) is 13.2. The van der Waals surface area contributed by atoms with Gasteiger partial charge in [0.1, 0.15) is 9.84 Å². The van der Waals surface area contributed by atoms with Crippen LogP contribution in [0.15, 0.2) is 24.3 Å². The quantitative estimate of drug-likeness (QED) is 0.928. The summed E-state index contributed by atoms with van der Waals surface area (Å²) < 4.78 is 23.4. The highest BCUT2D eigenvalue weighted by molar-refractivity contribution is 7.91. The van der Waals surface area contributed by atoms with E-state index in [0.717, 1.165) is 32.1 Å². The van der Waals surface area contributed by atoms with Crippen LogP contribution in [0.1, 0.15) is 36.8 Å². The first-order chi connectivity index (χ1) is 9.36. The van der Waals surface area contributed by atoms with E-state index >= 15 is 0 Å². The molecule has 0 spiro atoms. The van der Waals surface area contributed by atoms with Gasteiger partial charge in [-0.3, -0.25) is 0 Å². The highest BCUT2D eigenvalue weighted by atomic mass is 32.2. The topological polar surface area (TPSA) is 60.2 Å². The van der Waals surface area contributed by atoms with Gasteiger partial charge in [-0.2, -0.15) is 0 Å². The van der Waals surface area contributed by atoms with Gasteiger partial charge in [-0.05, 0) is 44.1 Å². The monoisotopic (exact) mass is 295 g/mol. The van der Waals surface area contributed by atoms with Gasteiger partial charge in [-0.1, -0.05) is 36.2 Å². The molecule has 2 rings (SSSR count). The van der Waals surface area contributed by atoms with E-state index in [4.69, 9.17) is 5.73 Å². The largest absolute Gasteiger partial charge is 0.327 e. The molecular weight excluding hydrogens is 270 g/mol. The van der Waals surface area contributed by atoms with Crippen LogP contribution in [0.25, 0.3) is 0 Å². The van der Waals surface area contributed by atoms with Crippen LogP contribution in [0.2, 0.25) is 0 Å². The average molecular weight is 295 g/mol. The Labute approximate surface area is 122 Å². The summed E-state index contributed by atoms with van der Waals surface area (Å²) in [6.07, 6.45) is 5.74. The summed E-state index contributed by atoms with van der Waals surface area (Å²) in [6.45, 7) is 2.07. The summed E-state index contributed by atoms with van der Waals surface area (Å²) in [5.41, 5.74) is 8.82. The van der Waals surface area contributed by atoms with Crippen LogP contribution in [0, 0.1) is 12.8 Å². The van der Waals surface area contributed by atoms with Crippen molar-refractivity contribution in [2.75, 3.05) is 6.26 Å². The van der Waals surface area contributed by atoms with Crippen molar-refractivity contribution in [2.45, 2.75) is 50.3 Å². The number of hydrogen-bond acceptors (Lipinski definition) is 3. The molecule has 3 unspecified atom stereocenters. The van der Waals surface area contributed by atoms with Gasteiger partial charge in [0.2, 0.25) is 0 Å². The Kier molecular flexibility index (Phi) is 4.86. The summed E-state index contributed by atoms with van der Waals surface area (Å²) in [5, 5.41) is -0.190. The van der Waals surface area contributed by atoms with E-state index in [1.54, 1.807) is 0 Å². The maximum absolute atomic E-state index is 11.7. The van der Waals surface area contributed by atoms with E-state index in [2.05, 4.69) is 31.2 Å². The Hall–Kier alpha value is -0.870. The molecule has 20 heavy (non-hydrogen) atoms. The second-order valence-electron chi connectivity index (χ2n) is 6.23. The summed E-state index contributed by atoms with van der Waals surface area (Å²) >= 11 is 0. The number of hydrogen-bond donors (Lipinski definition) is 1. The fourth-order valence-electron chi connectivity index (χ4n) is 3.12. The predicted molar refractivity (Wildman–Crippen MR) is 83.4 cm³/mol. The third-order valence-corrected chi connectivity index (χ3v) is 6.11. The van der Waals surface area contributed by atoms with Crippen molar-refractivity contribution in [1.82, 2.24) is 0 Å². The molecule has 1 saturated carbocycles. The molecule has 2 N–H and O–H groups in total. The first-order valence-electron chi connectivity index (χ1n) is 7.36. The number of aryl methyl sites for hydroxylation is 1. The van der Waals surface area contributed by atoms with Crippen molar-refractivity contribution in [1.29, 1.82) is 0 Å². The Balaban J connectivity index is 1.98. The normalized spacial score (nSPS) is 25.4. The Bertz CT molecular complexity index is 536. The van der Waals surface area contributed by atoms with Gasteiger partial charge in [-0.25, -0.2) is 8.42 Å². The molecule has 1 fully saturated rings. The van der Waals surface area contributed by atoms with E-state index in [9.17, 15) is 8.42 Å². The third-order valence-electron chi connectivity index (χ3n) is 4.47. The van der Waals surface area contributed by atoms with E-state index < -0.39 is 9.84 Å². The molecule has 0 saturated heterocycles. The highest BCUT2D eigenvalue weighted by Crippen LogP contribution is 2.31. The van der Waals surface area contributed by atoms with E-state index in [1.165, 1.54) is 17.4 Å². The number of nitrogens with two attached hydrogens (primary N) is 1. The molecule has 0 aromatic heterocycles. The molecule has 0 amide bonds. The summed E-state index contributed by atoms with van der Waals surface area (Å²) in [4.78, 5) is 0. The lowest BCUT2D eigenvalue weighted by Crippen LogP contribution is -2.38. The minimum Gasteiger partial charge on any atom is -0.327 e. The minimum atomic E-state index is -2.93. The first-order valence-corrected chi connectivity index (χ1v) is 9.31. The molecule has 1 aliphatic rings. The van der Waals surface area contributed by atoms with Gasteiger partial charge in [-0.15, -0.1) is 0 Å². The Morgan fingerprint density at radius 1 is 1.25 bits per heavy atom. The van der Waals surface area contributed by atoms with Crippen molar-refractivity contribution in [2.24, 2.45) is 11.7 Å². The molecule has 112 valence electrons. The van der Waals surface area contributed by atoms with Gasteiger partial charge in [0, 0.05) is 12.3 Å². The maximum atomic E-state index is 11.7. The molecule has 0 bridgehead atoms. The second kappa shape index (κ2) is 6.27. The predicted octanol–water partition coefficient (Wildman–Crippen LogP) is 2.47. The van der Waals surface area contributed by atoms with Gasteiger partial charge in [0.05, 0.1) is 5.25 Å². The molecule has 0 aliphatic heterocycles. The van der Waals surface area contributed by atoms with Gasteiger partial charge >= 0.3 is 0 Å². The lowest BCUT2D eigenvalue weighted by atomic mass is 9.81. The van der Waals surface area contributed by atoms with Crippen molar-refractivity contribution < 1.29 is 8.42 Å². The smallest absolute Gasteiger partial charge is 0.150 e. The molecule has 1 aliphatic carbocycles. The molecule has 1 aromatic rings. The van der Waals surface area contributed by atoms with Crippen LogP contribution in [0.5, 0.6) is 0 Å². The first kappa shape index (κ1) is 15.5. The molecule has 3 atom stereocenters. The van der Waals surface area contributed by atoms with Crippen molar-refractivity contribution in [3.8, 4) is 0 Å². The number of sulfone groups is 1. The van der Waals surface area contributed by atoms with Gasteiger partial charge in [0.15, 0.2) is 0 Å². The zero-order valence-electron chi connectivity index (χ0n) is 12.4. The standard InChI is InChI=1S/C16H25NO2S/c1-12-6-8-13(9-7-12)10-16(17)14-4-3-5-15(11-14)20(2,18)19/h6-9,14-16H,3-5,10-11,17H2,1-2H3. The molecular formula is C16H25NO2S. The van der Waals surface area contributed by atoms with Crippen molar-refractivity contribution >= 4 is 9.84 Å². The molecule has 1 aromatic carbocycles. The summed E-state index contributed by atoms with van der Waals surface area (Å²) in [6, 6.07) is 8.49. The van der Waals surface area contributed by atoms with E-state index in [-0.39, 0.29) is 11.3 Å². The van der Waals surface area contributed by atoms with E-state index in [0.29, 0.717) is 5.92 Å². The Morgan fingerprint density at radius 3 is 2.50 bits per heavy atom. The van der Waals surface area contributed by atoms with Gasteiger partial charge in [0.25, 0.3) is 0 Å². The molecule has 0 radical (unpaired) electrons. The van der Waals surface area contributed by atoms with Crippen LogP contribution < -0.4 is 5.73 Å². The Morgan fingerprint density at radius 2 is 1.90 bits per heavy atom. The van der Waals surface area contributed by atoms with Crippen LogP contribution >= 0.6 is 0 Å². The SMILES string of the molecule is Cc1ccc(CC(N)C2CCCC(S(C)(=O)=O)C2)cc1. The van der Waals surface area contributed by atoms with Crippen LogP contribution in [-0.2, 0) is 16.3 Å². The van der Waals surface area contributed by atoms with Crippen LogP contribution in [0.4, 0.5) is 0 Å². The zero-order chi connectivity index (χ0) is 14.8. The van der Waals surface area contributed by atoms with E-state index in [1.807, 2.05) is 0 Å². The van der Waals surface area contributed by atoms with Crippen molar-refractivity contribution in [3.05, 3.63) is 35.4 Å². The third kappa shape index (κ3) is 4.06. The fourth-order valence-corrected chi connectivity index (χ4v) is 4.31. The van der Waals surface area contributed by atoms with Crippen molar-refractivity contribution in [3.63, 3.8) is 0 Å².